The molecular formula is C11H12F3NO3S. The topological polar surface area (TPSA) is 83.6 Å². The largest absolute Gasteiger partial charge is 0.416 e. The predicted molar refractivity (Wildman–Crippen MR) is 63.4 cm³/mol. The number of primary amides is 1. The van der Waals surface area contributed by atoms with E-state index >= 15 is 0 Å². The summed E-state index contributed by atoms with van der Waals surface area (Å²) in [7, 11) is 0. The van der Waals surface area contributed by atoms with Gasteiger partial charge in [0, 0.05) is 10.6 Å². The molecule has 19 heavy (non-hydrogen) atoms. The summed E-state index contributed by atoms with van der Waals surface area (Å²) in [5.41, 5.74) is 3.98. The normalized spacial score (nSPS) is 15.0. The molecule has 0 radical (unpaired) electrons. The van der Waals surface area contributed by atoms with Gasteiger partial charge in [-0.1, -0.05) is 6.07 Å². The van der Waals surface area contributed by atoms with Gasteiger partial charge in [0.15, 0.2) is 6.10 Å². The molecule has 0 aromatic heterocycles. The van der Waals surface area contributed by atoms with E-state index in [1.807, 2.05) is 0 Å². The molecule has 0 aliphatic heterocycles. The van der Waals surface area contributed by atoms with Gasteiger partial charge >= 0.3 is 6.18 Å². The maximum atomic E-state index is 12.4. The zero-order valence-corrected chi connectivity index (χ0v) is 10.4. The lowest BCUT2D eigenvalue weighted by atomic mass is 10.2. The predicted octanol–water partition coefficient (Wildman–Crippen LogP) is 1.00. The molecule has 8 heteroatoms. The standard InChI is InChI=1S/C11H12F3NO3S/c12-11(13,14)6-2-1-3-7(4-6)19-5-8(16)9(17)10(15)18/h1-4,8-9,16-17H,5H2,(H2,15,18)/t8-,9-/m1/s1. The number of rotatable bonds is 5. The third kappa shape index (κ3) is 4.73. The summed E-state index contributed by atoms with van der Waals surface area (Å²) >= 11 is 0.887. The van der Waals surface area contributed by atoms with Gasteiger partial charge in [-0.15, -0.1) is 11.8 Å². The van der Waals surface area contributed by atoms with Gasteiger partial charge in [-0.3, -0.25) is 4.79 Å². The molecule has 106 valence electrons. The van der Waals surface area contributed by atoms with Crippen molar-refractivity contribution in [2.75, 3.05) is 5.75 Å². The second-order valence-corrected chi connectivity index (χ2v) is 4.84. The van der Waals surface area contributed by atoms with Gasteiger partial charge in [0.2, 0.25) is 5.91 Å². The summed E-state index contributed by atoms with van der Waals surface area (Å²) in [6.45, 7) is 0. The zero-order valence-electron chi connectivity index (χ0n) is 9.59. The Hall–Kier alpha value is -1.25. The van der Waals surface area contributed by atoms with Crippen molar-refractivity contribution in [2.24, 2.45) is 5.73 Å². The van der Waals surface area contributed by atoms with Crippen molar-refractivity contribution in [1.29, 1.82) is 0 Å². The molecule has 0 aliphatic carbocycles. The summed E-state index contributed by atoms with van der Waals surface area (Å²) in [5, 5.41) is 18.5. The van der Waals surface area contributed by atoms with E-state index in [9.17, 15) is 23.1 Å². The maximum absolute atomic E-state index is 12.4. The number of benzene rings is 1. The second-order valence-electron chi connectivity index (χ2n) is 3.75. The SMILES string of the molecule is NC(=O)[C@H](O)[C@H](O)CSc1cccc(C(F)(F)F)c1. The summed E-state index contributed by atoms with van der Waals surface area (Å²) in [4.78, 5) is 10.9. The van der Waals surface area contributed by atoms with Crippen LogP contribution in [0.25, 0.3) is 0 Å². The van der Waals surface area contributed by atoms with Crippen molar-refractivity contribution in [3.8, 4) is 0 Å². The smallest absolute Gasteiger partial charge is 0.389 e. The molecule has 0 saturated carbocycles. The van der Waals surface area contributed by atoms with Crippen LogP contribution in [0.4, 0.5) is 13.2 Å². The summed E-state index contributed by atoms with van der Waals surface area (Å²) in [5.74, 6) is -1.23. The van der Waals surface area contributed by atoms with Crippen molar-refractivity contribution < 1.29 is 28.2 Å². The molecule has 1 rings (SSSR count). The number of hydrogen-bond donors (Lipinski definition) is 3. The van der Waals surface area contributed by atoms with E-state index in [0.29, 0.717) is 0 Å². The molecule has 0 fully saturated rings. The first-order valence-electron chi connectivity index (χ1n) is 5.17. The number of thioether (sulfide) groups is 1. The Morgan fingerprint density at radius 1 is 1.37 bits per heavy atom. The first-order chi connectivity index (χ1) is 8.71. The fourth-order valence-electron chi connectivity index (χ4n) is 1.22. The highest BCUT2D eigenvalue weighted by molar-refractivity contribution is 7.99. The molecule has 0 saturated heterocycles. The molecule has 1 amide bonds. The van der Waals surface area contributed by atoms with Crippen LogP contribution in [0, 0.1) is 0 Å². The minimum Gasteiger partial charge on any atom is -0.389 e. The monoisotopic (exact) mass is 295 g/mol. The van der Waals surface area contributed by atoms with Crippen LogP contribution in [0.15, 0.2) is 29.2 Å². The molecule has 0 unspecified atom stereocenters. The van der Waals surface area contributed by atoms with Crippen LogP contribution in [0.2, 0.25) is 0 Å². The summed E-state index contributed by atoms with van der Waals surface area (Å²) in [6.07, 6.45) is -7.61. The van der Waals surface area contributed by atoms with E-state index < -0.39 is 29.9 Å². The van der Waals surface area contributed by atoms with Crippen LogP contribution in [-0.4, -0.2) is 34.1 Å². The highest BCUT2D eigenvalue weighted by atomic mass is 32.2. The van der Waals surface area contributed by atoms with Crippen molar-refractivity contribution in [2.45, 2.75) is 23.3 Å². The van der Waals surface area contributed by atoms with Crippen molar-refractivity contribution in [1.82, 2.24) is 0 Å². The quantitative estimate of drug-likeness (QED) is 0.708. The van der Waals surface area contributed by atoms with Gasteiger partial charge in [0.1, 0.15) is 0 Å². The van der Waals surface area contributed by atoms with E-state index in [0.717, 1.165) is 23.9 Å². The number of amides is 1. The molecule has 4 N–H and O–H groups in total. The Morgan fingerprint density at radius 2 is 2.00 bits per heavy atom. The maximum Gasteiger partial charge on any atom is 0.416 e. The van der Waals surface area contributed by atoms with Gasteiger partial charge in [-0.05, 0) is 18.2 Å². The van der Waals surface area contributed by atoms with Crippen LogP contribution in [0.1, 0.15) is 5.56 Å². The number of alkyl halides is 3. The highest BCUT2D eigenvalue weighted by Crippen LogP contribution is 2.32. The number of hydrogen-bond acceptors (Lipinski definition) is 4. The average Bonchev–Trinajstić information content (AvgIpc) is 2.34. The summed E-state index contributed by atoms with van der Waals surface area (Å²) in [6, 6.07) is 4.53. The van der Waals surface area contributed by atoms with E-state index in [1.54, 1.807) is 0 Å². The molecule has 0 aliphatic rings. The van der Waals surface area contributed by atoms with Crippen LogP contribution >= 0.6 is 11.8 Å². The van der Waals surface area contributed by atoms with E-state index in [4.69, 9.17) is 10.8 Å². The van der Waals surface area contributed by atoms with Crippen molar-refractivity contribution in [3.63, 3.8) is 0 Å². The molecule has 1 aromatic carbocycles. The van der Waals surface area contributed by atoms with Gasteiger partial charge in [0.05, 0.1) is 11.7 Å². The number of carbonyl (C=O) groups excluding carboxylic acids is 1. The molecular weight excluding hydrogens is 283 g/mol. The van der Waals surface area contributed by atoms with E-state index in [1.165, 1.54) is 12.1 Å². The third-order valence-electron chi connectivity index (χ3n) is 2.24. The lowest BCUT2D eigenvalue weighted by Gasteiger charge is -2.14. The van der Waals surface area contributed by atoms with Gasteiger partial charge in [-0.2, -0.15) is 13.2 Å². The van der Waals surface area contributed by atoms with E-state index in [-0.39, 0.29) is 10.6 Å². The van der Waals surface area contributed by atoms with Crippen LogP contribution in [0.5, 0.6) is 0 Å². The Balaban J connectivity index is 2.66. The third-order valence-corrected chi connectivity index (χ3v) is 3.33. The van der Waals surface area contributed by atoms with E-state index in [2.05, 4.69) is 0 Å². The van der Waals surface area contributed by atoms with Crippen LogP contribution < -0.4 is 5.73 Å². The minimum atomic E-state index is -4.44. The number of aliphatic hydroxyl groups excluding tert-OH is 2. The number of carbonyl (C=O) groups is 1. The summed E-state index contributed by atoms with van der Waals surface area (Å²) < 4.78 is 37.3. The van der Waals surface area contributed by atoms with Gasteiger partial charge < -0.3 is 15.9 Å². The van der Waals surface area contributed by atoms with Crippen molar-refractivity contribution >= 4 is 17.7 Å². The highest BCUT2D eigenvalue weighted by Gasteiger charge is 2.30. The molecule has 0 spiro atoms. The molecule has 0 bridgehead atoms. The van der Waals surface area contributed by atoms with Gasteiger partial charge in [-0.25, -0.2) is 0 Å². The lowest BCUT2D eigenvalue weighted by Crippen LogP contribution is -2.40. The number of halogens is 3. The zero-order chi connectivity index (χ0) is 14.6. The molecule has 2 atom stereocenters. The Kier molecular flexibility index (Phi) is 5.21. The fraction of sp³-hybridized carbons (Fsp3) is 0.364. The van der Waals surface area contributed by atoms with Crippen LogP contribution in [-0.2, 0) is 11.0 Å². The minimum absolute atomic E-state index is 0.147. The van der Waals surface area contributed by atoms with Crippen LogP contribution in [0.3, 0.4) is 0 Å². The Bertz CT molecular complexity index is 453. The molecule has 0 heterocycles. The van der Waals surface area contributed by atoms with Gasteiger partial charge in [0.25, 0.3) is 0 Å². The average molecular weight is 295 g/mol. The Morgan fingerprint density at radius 3 is 2.53 bits per heavy atom. The van der Waals surface area contributed by atoms with Crippen molar-refractivity contribution in [3.05, 3.63) is 29.8 Å². The molecule has 4 nitrogen and oxygen atoms in total. The molecule has 1 aromatic rings. The lowest BCUT2D eigenvalue weighted by molar-refractivity contribution is -0.137. The number of nitrogens with two attached hydrogens (primary N) is 1. The second kappa shape index (κ2) is 6.27. The first kappa shape index (κ1) is 15.8. The Labute approximate surface area is 111 Å². The fourth-order valence-corrected chi connectivity index (χ4v) is 2.16. The number of aliphatic hydroxyl groups is 2. The first-order valence-corrected chi connectivity index (χ1v) is 6.16.